The smallest absolute Gasteiger partial charge is 0.178 e. The van der Waals surface area contributed by atoms with E-state index in [-0.39, 0.29) is 6.10 Å². The van der Waals surface area contributed by atoms with Crippen LogP contribution in [0, 0.1) is 4.77 Å². The molecule has 0 unspecified atom stereocenters. The molecule has 2 rings (SSSR count). The van der Waals surface area contributed by atoms with Gasteiger partial charge in [0.15, 0.2) is 4.77 Å². The molecule has 1 aromatic heterocycles. The van der Waals surface area contributed by atoms with Gasteiger partial charge in [0.05, 0.1) is 25.3 Å². The Morgan fingerprint density at radius 3 is 2.83 bits per heavy atom. The van der Waals surface area contributed by atoms with Gasteiger partial charge in [-0.05, 0) is 38.2 Å². The first-order valence-electron chi connectivity index (χ1n) is 6.00. The summed E-state index contributed by atoms with van der Waals surface area (Å²) in [6.45, 7) is 5.44. The summed E-state index contributed by atoms with van der Waals surface area (Å²) in [7, 11) is 1.66. The Kier molecular flexibility index (Phi) is 4.04. The van der Waals surface area contributed by atoms with Gasteiger partial charge >= 0.3 is 0 Å². The van der Waals surface area contributed by atoms with Gasteiger partial charge in [0, 0.05) is 6.54 Å². The summed E-state index contributed by atoms with van der Waals surface area (Å²) in [4.78, 5) is 3.18. The van der Waals surface area contributed by atoms with Crippen molar-refractivity contribution in [1.29, 1.82) is 0 Å². The fraction of sp³-hybridized carbons (Fsp3) is 0.462. The second-order valence-corrected chi connectivity index (χ2v) is 4.74. The second kappa shape index (κ2) is 5.54. The monoisotopic (exact) mass is 266 g/mol. The van der Waals surface area contributed by atoms with Crippen LogP contribution in [0.4, 0.5) is 0 Å². The number of H-pyrrole nitrogens is 1. The third-order valence-electron chi connectivity index (χ3n) is 2.76. The normalized spacial score (nSPS) is 11.3. The van der Waals surface area contributed by atoms with Crippen LogP contribution < -0.4 is 4.74 Å². The number of nitrogens with one attached hydrogen (secondary N) is 1. The molecule has 4 nitrogen and oxygen atoms in total. The lowest BCUT2D eigenvalue weighted by molar-refractivity contribution is 0.0731. The topological polar surface area (TPSA) is 39.2 Å². The Hall–Kier alpha value is -1.33. The Labute approximate surface area is 112 Å². The highest BCUT2D eigenvalue weighted by Crippen LogP contribution is 2.24. The van der Waals surface area contributed by atoms with Crippen molar-refractivity contribution in [3.63, 3.8) is 0 Å². The maximum Gasteiger partial charge on any atom is 0.178 e. The predicted molar refractivity (Wildman–Crippen MR) is 74.8 cm³/mol. The number of aromatic amines is 1. The number of fused-ring (bicyclic) bond motifs is 1. The van der Waals surface area contributed by atoms with Gasteiger partial charge < -0.3 is 19.0 Å². The minimum atomic E-state index is 0.235. The number of rotatable bonds is 5. The third kappa shape index (κ3) is 2.57. The third-order valence-corrected chi connectivity index (χ3v) is 3.08. The minimum Gasteiger partial charge on any atom is -0.494 e. The van der Waals surface area contributed by atoms with Crippen LogP contribution in [0.25, 0.3) is 11.0 Å². The first-order valence-corrected chi connectivity index (χ1v) is 6.41. The van der Waals surface area contributed by atoms with E-state index in [4.69, 9.17) is 21.7 Å². The fourth-order valence-electron chi connectivity index (χ4n) is 1.93. The fourth-order valence-corrected chi connectivity index (χ4v) is 2.22. The standard InChI is InChI=1S/C13H18N2O2S/c1-9(2)17-8-7-15-10-5-4-6-11(16-3)12(10)14-13(15)18/h4-6,9H,7-8H2,1-3H3,(H,14,18). The Balaban J connectivity index is 2.33. The van der Waals surface area contributed by atoms with E-state index < -0.39 is 0 Å². The van der Waals surface area contributed by atoms with Gasteiger partial charge in [0.25, 0.3) is 0 Å². The quantitative estimate of drug-likeness (QED) is 0.845. The van der Waals surface area contributed by atoms with Crippen LogP contribution >= 0.6 is 12.2 Å². The molecule has 1 N–H and O–H groups in total. The number of nitrogens with zero attached hydrogens (tertiary/aromatic N) is 1. The summed E-state index contributed by atoms with van der Waals surface area (Å²) in [5, 5.41) is 0. The SMILES string of the molecule is COc1cccc2c1[nH]c(=S)n2CCOC(C)C. The van der Waals surface area contributed by atoms with Gasteiger partial charge in [-0.1, -0.05) is 6.07 Å². The first-order chi connectivity index (χ1) is 8.63. The van der Waals surface area contributed by atoms with E-state index in [1.807, 2.05) is 36.6 Å². The number of para-hydroxylation sites is 1. The van der Waals surface area contributed by atoms with Crippen LogP contribution in [-0.4, -0.2) is 29.4 Å². The lowest BCUT2D eigenvalue weighted by Crippen LogP contribution is -2.10. The Morgan fingerprint density at radius 2 is 2.17 bits per heavy atom. The number of aromatic nitrogens is 2. The molecule has 0 aliphatic rings. The Morgan fingerprint density at radius 1 is 1.39 bits per heavy atom. The summed E-state index contributed by atoms with van der Waals surface area (Å²) >= 11 is 5.34. The zero-order valence-corrected chi connectivity index (χ0v) is 11.7. The van der Waals surface area contributed by atoms with Crippen LogP contribution in [-0.2, 0) is 11.3 Å². The molecule has 5 heteroatoms. The van der Waals surface area contributed by atoms with Gasteiger partial charge in [-0.15, -0.1) is 0 Å². The summed E-state index contributed by atoms with van der Waals surface area (Å²) in [5.41, 5.74) is 1.99. The molecule has 0 spiro atoms. The lowest BCUT2D eigenvalue weighted by atomic mass is 10.3. The van der Waals surface area contributed by atoms with Crippen molar-refractivity contribution in [1.82, 2.24) is 9.55 Å². The number of imidazole rings is 1. The average Bonchev–Trinajstić information content (AvgIpc) is 2.65. The van der Waals surface area contributed by atoms with Crippen LogP contribution in [0.2, 0.25) is 0 Å². The van der Waals surface area contributed by atoms with Crippen molar-refractivity contribution in [2.24, 2.45) is 0 Å². The van der Waals surface area contributed by atoms with Crippen molar-refractivity contribution in [2.75, 3.05) is 13.7 Å². The summed E-state index contributed by atoms with van der Waals surface area (Å²) in [5.74, 6) is 0.808. The summed E-state index contributed by atoms with van der Waals surface area (Å²) in [6, 6.07) is 5.91. The Bertz CT molecular complexity index is 586. The van der Waals surface area contributed by atoms with E-state index in [0.717, 1.165) is 23.3 Å². The highest BCUT2D eigenvalue weighted by molar-refractivity contribution is 7.71. The molecule has 0 amide bonds. The molecule has 98 valence electrons. The molecule has 2 aromatic rings. The van der Waals surface area contributed by atoms with E-state index in [0.29, 0.717) is 11.4 Å². The lowest BCUT2D eigenvalue weighted by Gasteiger charge is -2.09. The van der Waals surface area contributed by atoms with Crippen LogP contribution in [0.3, 0.4) is 0 Å². The second-order valence-electron chi connectivity index (χ2n) is 4.36. The van der Waals surface area contributed by atoms with Gasteiger partial charge in [-0.3, -0.25) is 0 Å². The summed E-state index contributed by atoms with van der Waals surface area (Å²) < 4.78 is 13.6. The van der Waals surface area contributed by atoms with Crippen molar-refractivity contribution < 1.29 is 9.47 Å². The molecule has 1 aromatic carbocycles. The van der Waals surface area contributed by atoms with E-state index >= 15 is 0 Å². The average molecular weight is 266 g/mol. The van der Waals surface area contributed by atoms with Gasteiger partial charge in [-0.2, -0.15) is 0 Å². The number of benzene rings is 1. The van der Waals surface area contributed by atoms with E-state index in [1.165, 1.54) is 0 Å². The highest BCUT2D eigenvalue weighted by atomic mass is 32.1. The van der Waals surface area contributed by atoms with Crippen LogP contribution in [0.15, 0.2) is 18.2 Å². The number of methoxy groups -OCH3 is 1. The van der Waals surface area contributed by atoms with Gasteiger partial charge in [0.1, 0.15) is 11.3 Å². The molecule has 0 aliphatic heterocycles. The van der Waals surface area contributed by atoms with Crippen molar-refractivity contribution in [3.05, 3.63) is 23.0 Å². The number of hydrogen-bond donors (Lipinski definition) is 1. The van der Waals surface area contributed by atoms with Crippen LogP contribution in [0.1, 0.15) is 13.8 Å². The highest BCUT2D eigenvalue weighted by Gasteiger charge is 2.08. The molecule has 0 radical (unpaired) electrons. The molecular formula is C13H18N2O2S. The molecule has 0 fully saturated rings. The first kappa shape index (κ1) is 13.1. The van der Waals surface area contributed by atoms with Gasteiger partial charge in [-0.25, -0.2) is 0 Å². The van der Waals surface area contributed by atoms with Crippen LogP contribution in [0.5, 0.6) is 5.75 Å². The molecular weight excluding hydrogens is 248 g/mol. The maximum atomic E-state index is 5.56. The molecule has 18 heavy (non-hydrogen) atoms. The van der Waals surface area contributed by atoms with Gasteiger partial charge in [0.2, 0.25) is 0 Å². The molecule has 0 saturated carbocycles. The van der Waals surface area contributed by atoms with E-state index in [1.54, 1.807) is 7.11 Å². The molecule has 0 aliphatic carbocycles. The molecule has 0 bridgehead atoms. The van der Waals surface area contributed by atoms with E-state index in [9.17, 15) is 0 Å². The predicted octanol–water partition coefficient (Wildman–Crippen LogP) is 3.13. The zero-order valence-electron chi connectivity index (χ0n) is 10.9. The van der Waals surface area contributed by atoms with E-state index in [2.05, 4.69) is 4.98 Å². The molecule has 0 saturated heterocycles. The molecule has 0 atom stereocenters. The minimum absolute atomic E-state index is 0.235. The largest absolute Gasteiger partial charge is 0.494 e. The number of hydrogen-bond acceptors (Lipinski definition) is 3. The molecule has 1 heterocycles. The zero-order chi connectivity index (χ0) is 13.1. The number of ether oxygens (including phenoxy) is 2. The van der Waals surface area contributed by atoms with Crippen molar-refractivity contribution in [3.8, 4) is 5.75 Å². The van der Waals surface area contributed by atoms with Crippen molar-refractivity contribution >= 4 is 23.3 Å². The summed E-state index contributed by atoms with van der Waals surface area (Å²) in [6.07, 6.45) is 0.235. The van der Waals surface area contributed by atoms with Crippen molar-refractivity contribution in [2.45, 2.75) is 26.5 Å². The maximum absolute atomic E-state index is 5.56.